The summed E-state index contributed by atoms with van der Waals surface area (Å²) in [5.74, 6) is 2.36. The molecule has 0 aliphatic carbocycles. The number of hydrogen-bond donors (Lipinski definition) is 2. The number of nitrogens with one attached hydrogen (secondary N) is 2. The predicted octanol–water partition coefficient (Wildman–Crippen LogP) is 3.01. The Morgan fingerprint density at radius 1 is 1.08 bits per heavy atom. The van der Waals surface area contributed by atoms with Gasteiger partial charge in [0, 0.05) is 50.8 Å². The van der Waals surface area contributed by atoms with Crippen LogP contribution < -0.4 is 10.6 Å². The summed E-state index contributed by atoms with van der Waals surface area (Å²) in [5, 5.41) is 7.16. The molecule has 0 amide bonds. The van der Waals surface area contributed by atoms with Crippen molar-refractivity contribution in [3.63, 3.8) is 0 Å². The SMILES string of the molecule is CCNC(=NCC1CCCN(C(C)C)C1)NC1CN(C(C)C)CC1C.I. The Morgan fingerprint density at radius 2 is 1.77 bits per heavy atom. The molecule has 0 aromatic rings. The van der Waals surface area contributed by atoms with Crippen LogP contribution in [0.4, 0.5) is 0 Å². The molecule has 0 aromatic carbocycles. The first kappa shape index (κ1) is 24.0. The maximum Gasteiger partial charge on any atom is 0.191 e. The van der Waals surface area contributed by atoms with Crippen molar-refractivity contribution >= 4 is 29.9 Å². The van der Waals surface area contributed by atoms with Crippen molar-refractivity contribution in [1.82, 2.24) is 20.4 Å². The smallest absolute Gasteiger partial charge is 0.191 e. The maximum absolute atomic E-state index is 4.95. The molecule has 154 valence electrons. The van der Waals surface area contributed by atoms with Crippen molar-refractivity contribution in [2.45, 2.75) is 72.5 Å². The molecule has 3 atom stereocenters. The normalized spacial score (nSPS) is 28.5. The highest BCUT2D eigenvalue weighted by molar-refractivity contribution is 14.0. The molecule has 2 aliphatic heterocycles. The van der Waals surface area contributed by atoms with E-state index < -0.39 is 0 Å². The van der Waals surface area contributed by atoms with E-state index in [1.807, 2.05) is 0 Å². The molecule has 0 saturated carbocycles. The van der Waals surface area contributed by atoms with Gasteiger partial charge in [-0.2, -0.15) is 0 Å². The van der Waals surface area contributed by atoms with Gasteiger partial charge in [-0.15, -0.1) is 24.0 Å². The molecule has 2 saturated heterocycles. The van der Waals surface area contributed by atoms with Crippen molar-refractivity contribution in [3.8, 4) is 0 Å². The summed E-state index contributed by atoms with van der Waals surface area (Å²) in [6, 6.07) is 1.77. The molecule has 0 spiro atoms. The van der Waals surface area contributed by atoms with Gasteiger partial charge < -0.3 is 15.5 Å². The van der Waals surface area contributed by atoms with Gasteiger partial charge in [0.05, 0.1) is 0 Å². The molecule has 3 unspecified atom stereocenters. The van der Waals surface area contributed by atoms with Crippen LogP contribution in [-0.4, -0.2) is 73.2 Å². The summed E-state index contributed by atoms with van der Waals surface area (Å²) in [4.78, 5) is 10.1. The van der Waals surface area contributed by atoms with Gasteiger partial charge >= 0.3 is 0 Å². The van der Waals surface area contributed by atoms with Crippen molar-refractivity contribution in [2.24, 2.45) is 16.8 Å². The summed E-state index contributed by atoms with van der Waals surface area (Å²) in [7, 11) is 0. The lowest BCUT2D eigenvalue weighted by Gasteiger charge is -2.35. The first-order valence-corrected chi connectivity index (χ1v) is 10.4. The Hall–Kier alpha value is -0.0800. The molecule has 2 fully saturated rings. The van der Waals surface area contributed by atoms with Gasteiger partial charge in [-0.3, -0.25) is 9.89 Å². The summed E-state index contributed by atoms with van der Waals surface area (Å²) >= 11 is 0. The third-order valence-corrected chi connectivity index (χ3v) is 5.83. The number of nitrogens with zero attached hydrogens (tertiary/aromatic N) is 3. The van der Waals surface area contributed by atoms with Gasteiger partial charge in [-0.25, -0.2) is 0 Å². The Bertz CT molecular complexity index is 426. The molecule has 0 radical (unpaired) electrons. The molecular formula is C20H42IN5. The second-order valence-electron chi connectivity index (χ2n) is 8.59. The number of likely N-dealkylation sites (tertiary alicyclic amines) is 2. The number of aliphatic imine (C=N–C) groups is 1. The van der Waals surface area contributed by atoms with E-state index in [4.69, 9.17) is 4.99 Å². The molecular weight excluding hydrogens is 437 g/mol. The minimum atomic E-state index is 0. The largest absolute Gasteiger partial charge is 0.357 e. The van der Waals surface area contributed by atoms with E-state index in [0.29, 0.717) is 30.0 Å². The van der Waals surface area contributed by atoms with Crippen LogP contribution >= 0.6 is 24.0 Å². The number of hydrogen-bond acceptors (Lipinski definition) is 3. The van der Waals surface area contributed by atoms with Gasteiger partial charge in [0.15, 0.2) is 5.96 Å². The van der Waals surface area contributed by atoms with Gasteiger partial charge in [0.2, 0.25) is 0 Å². The Morgan fingerprint density at radius 3 is 2.35 bits per heavy atom. The molecule has 6 heteroatoms. The Kier molecular flexibility index (Phi) is 10.8. The Balaban J connectivity index is 0.00000338. The highest BCUT2D eigenvalue weighted by Gasteiger charge is 2.31. The van der Waals surface area contributed by atoms with Crippen LogP contribution in [0.1, 0.15) is 54.4 Å². The second kappa shape index (κ2) is 11.7. The van der Waals surface area contributed by atoms with E-state index in [0.717, 1.165) is 25.6 Å². The van der Waals surface area contributed by atoms with Crippen LogP contribution in [0.5, 0.6) is 0 Å². The van der Waals surface area contributed by atoms with Gasteiger partial charge in [0.25, 0.3) is 0 Å². The summed E-state index contributed by atoms with van der Waals surface area (Å²) < 4.78 is 0. The van der Waals surface area contributed by atoms with Crippen molar-refractivity contribution in [3.05, 3.63) is 0 Å². The average molecular weight is 479 g/mol. The third kappa shape index (κ3) is 7.15. The van der Waals surface area contributed by atoms with Crippen LogP contribution in [0, 0.1) is 11.8 Å². The molecule has 0 bridgehead atoms. The molecule has 0 aromatic heterocycles. The fraction of sp³-hybridized carbons (Fsp3) is 0.950. The van der Waals surface area contributed by atoms with E-state index in [1.165, 1.54) is 32.5 Å². The zero-order chi connectivity index (χ0) is 18.4. The van der Waals surface area contributed by atoms with Crippen LogP contribution in [-0.2, 0) is 0 Å². The first-order valence-electron chi connectivity index (χ1n) is 10.4. The fourth-order valence-electron chi connectivity index (χ4n) is 4.05. The summed E-state index contributed by atoms with van der Waals surface area (Å²) in [6.07, 6.45) is 2.62. The molecule has 2 N–H and O–H groups in total. The summed E-state index contributed by atoms with van der Waals surface area (Å²) in [5.41, 5.74) is 0. The maximum atomic E-state index is 4.95. The van der Waals surface area contributed by atoms with Gasteiger partial charge in [-0.05, 0) is 65.8 Å². The molecule has 2 heterocycles. The molecule has 26 heavy (non-hydrogen) atoms. The van der Waals surface area contributed by atoms with E-state index in [1.54, 1.807) is 0 Å². The monoisotopic (exact) mass is 479 g/mol. The Labute approximate surface area is 178 Å². The first-order chi connectivity index (χ1) is 11.9. The van der Waals surface area contributed by atoms with Crippen LogP contribution in [0.2, 0.25) is 0 Å². The van der Waals surface area contributed by atoms with Crippen LogP contribution in [0.3, 0.4) is 0 Å². The summed E-state index contributed by atoms with van der Waals surface area (Å²) in [6.45, 7) is 20.3. The second-order valence-corrected chi connectivity index (χ2v) is 8.59. The van der Waals surface area contributed by atoms with Crippen LogP contribution in [0.15, 0.2) is 4.99 Å². The van der Waals surface area contributed by atoms with Crippen molar-refractivity contribution < 1.29 is 0 Å². The lowest BCUT2D eigenvalue weighted by atomic mass is 9.97. The highest BCUT2D eigenvalue weighted by atomic mass is 127. The predicted molar refractivity (Wildman–Crippen MR) is 124 cm³/mol. The van der Waals surface area contributed by atoms with Gasteiger partial charge in [-0.1, -0.05) is 6.92 Å². The third-order valence-electron chi connectivity index (χ3n) is 5.83. The standard InChI is InChI=1S/C20H41N5.HI/c1-7-21-20(23-19-14-25(16(4)5)12-17(19)6)22-11-18-9-8-10-24(13-18)15(2)3;/h15-19H,7-14H2,1-6H3,(H2,21,22,23);1H. The van der Waals surface area contributed by atoms with E-state index in [-0.39, 0.29) is 24.0 Å². The van der Waals surface area contributed by atoms with E-state index in [9.17, 15) is 0 Å². The van der Waals surface area contributed by atoms with Gasteiger partial charge in [0.1, 0.15) is 0 Å². The number of guanidine groups is 1. The fourth-order valence-corrected chi connectivity index (χ4v) is 4.05. The average Bonchev–Trinajstić information content (AvgIpc) is 2.94. The number of rotatable bonds is 6. The lowest BCUT2D eigenvalue weighted by Crippen LogP contribution is -2.47. The zero-order valence-electron chi connectivity index (χ0n) is 17.8. The highest BCUT2D eigenvalue weighted by Crippen LogP contribution is 2.20. The topological polar surface area (TPSA) is 42.9 Å². The molecule has 2 rings (SSSR count). The lowest BCUT2D eigenvalue weighted by molar-refractivity contribution is 0.143. The molecule has 2 aliphatic rings. The number of halogens is 1. The quantitative estimate of drug-likeness (QED) is 0.349. The van der Waals surface area contributed by atoms with E-state index in [2.05, 4.69) is 62.0 Å². The van der Waals surface area contributed by atoms with Crippen molar-refractivity contribution in [1.29, 1.82) is 0 Å². The van der Waals surface area contributed by atoms with Crippen molar-refractivity contribution in [2.75, 3.05) is 39.3 Å². The van der Waals surface area contributed by atoms with Crippen LogP contribution in [0.25, 0.3) is 0 Å². The minimum Gasteiger partial charge on any atom is -0.357 e. The zero-order valence-corrected chi connectivity index (χ0v) is 20.1. The molecule has 5 nitrogen and oxygen atoms in total. The number of piperidine rings is 1. The minimum absolute atomic E-state index is 0. The van der Waals surface area contributed by atoms with E-state index >= 15 is 0 Å².